The first-order chi connectivity index (χ1) is 9.28. The van der Waals surface area contributed by atoms with Crippen molar-refractivity contribution in [3.63, 3.8) is 0 Å². The molecule has 19 heavy (non-hydrogen) atoms. The molecule has 0 unspecified atom stereocenters. The first-order valence-corrected chi connectivity index (χ1v) is 7.48. The lowest BCUT2D eigenvalue weighted by molar-refractivity contribution is 0.168. The summed E-state index contributed by atoms with van der Waals surface area (Å²) in [7, 11) is 0. The summed E-state index contributed by atoms with van der Waals surface area (Å²) in [6.45, 7) is 2.89. The zero-order valence-electron chi connectivity index (χ0n) is 11.4. The lowest BCUT2D eigenvalue weighted by Gasteiger charge is -2.15. The molecule has 0 saturated heterocycles. The molecular weight excluding hydrogens is 264 g/mol. The van der Waals surface area contributed by atoms with Crippen LogP contribution in [-0.2, 0) is 0 Å². The largest absolute Gasteiger partial charge is 0.460 e. The number of halogens is 1. The lowest BCUT2D eigenvalue weighted by atomic mass is 10.2. The molecule has 1 fully saturated rings. The number of hydrogen-bond donors (Lipinski definition) is 1. The SMILES string of the molecule is CCCNc1nc(Cl)nc(OC2CCCCCC2)n1. The van der Waals surface area contributed by atoms with Crippen LogP contribution in [0.3, 0.4) is 0 Å². The van der Waals surface area contributed by atoms with Gasteiger partial charge in [0.15, 0.2) is 0 Å². The maximum absolute atomic E-state index is 5.90. The van der Waals surface area contributed by atoms with E-state index in [0.717, 1.165) is 25.8 Å². The minimum Gasteiger partial charge on any atom is -0.460 e. The Morgan fingerprint density at radius 1 is 1.16 bits per heavy atom. The zero-order chi connectivity index (χ0) is 13.5. The predicted octanol–water partition coefficient (Wildman–Crippen LogP) is 3.45. The Kier molecular flexibility index (Phi) is 5.63. The van der Waals surface area contributed by atoms with E-state index in [1.807, 2.05) is 0 Å². The van der Waals surface area contributed by atoms with Crippen molar-refractivity contribution in [3.05, 3.63) is 5.28 Å². The van der Waals surface area contributed by atoms with Crippen LogP contribution in [0.4, 0.5) is 5.95 Å². The monoisotopic (exact) mass is 284 g/mol. The molecule has 106 valence electrons. The Hall–Kier alpha value is -1.10. The second kappa shape index (κ2) is 7.48. The molecule has 0 spiro atoms. The van der Waals surface area contributed by atoms with Crippen molar-refractivity contribution in [2.45, 2.75) is 58.0 Å². The average Bonchev–Trinajstić information content (AvgIpc) is 2.64. The van der Waals surface area contributed by atoms with Crippen molar-refractivity contribution in [2.75, 3.05) is 11.9 Å². The Labute approximate surface area is 119 Å². The smallest absolute Gasteiger partial charge is 0.322 e. The van der Waals surface area contributed by atoms with Crippen LogP contribution in [0, 0.1) is 0 Å². The number of hydrogen-bond acceptors (Lipinski definition) is 5. The molecule has 0 amide bonds. The number of aromatic nitrogens is 3. The molecule has 1 N–H and O–H groups in total. The molecule has 0 radical (unpaired) electrons. The molecule has 0 atom stereocenters. The number of nitrogens with one attached hydrogen (secondary N) is 1. The predicted molar refractivity (Wildman–Crippen MR) is 75.7 cm³/mol. The highest BCUT2D eigenvalue weighted by atomic mass is 35.5. The van der Waals surface area contributed by atoms with E-state index < -0.39 is 0 Å². The van der Waals surface area contributed by atoms with Crippen LogP contribution in [0.2, 0.25) is 5.28 Å². The summed E-state index contributed by atoms with van der Waals surface area (Å²) >= 11 is 5.90. The lowest BCUT2D eigenvalue weighted by Crippen LogP contribution is -2.17. The van der Waals surface area contributed by atoms with Crippen molar-refractivity contribution in [3.8, 4) is 6.01 Å². The summed E-state index contributed by atoms with van der Waals surface area (Å²) in [6, 6.07) is 0.338. The van der Waals surface area contributed by atoms with E-state index in [0.29, 0.717) is 12.0 Å². The summed E-state index contributed by atoms with van der Waals surface area (Å²) in [4.78, 5) is 12.3. The Morgan fingerprint density at radius 3 is 2.58 bits per heavy atom. The van der Waals surface area contributed by atoms with Crippen LogP contribution in [0.15, 0.2) is 0 Å². The molecule has 1 aromatic rings. The summed E-state index contributed by atoms with van der Waals surface area (Å²) in [6.07, 6.45) is 8.36. The second-order valence-corrected chi connectivity index (χ2v) is 5.21. The van der Waals surface area contributed by atoms with E-state index in [2.05, 4.69) is 27.2 Å². The van der Waals surface area contributed by atoms with Crippen molar-refractivity contribution >= 4 is 17.5 Å². The van der Waals surface area contributed by atoms with Gasteiger partial charge >= 0.3 is 6.01 Å². The van der Waals surface area contributed by atoms with Gasteiger partial charge in [-0.15, -0.1) is 0 Å². The molecule has 1 aliphatic carbocycles. The standard InChI is InChI=1S/C13H21ClN4O/c1-2-9-15-12-16-11(14)17-13(18-12)19-10-7-5-3-4-6-8-10/h10H,2-9H2,1H3,(H,15,16,17,18). The number of ether oxygens (including phenoxy) is 1. The van der Waals surface area contributed by atoms with Crippen LogP contribution in [0.5, 0.6) is 6.01 Å². The molecule has 0 aliphatic heterocycles. The minimum absolute atomic E-state index is 0.178. The van der Waals surface area contributed by atoms with Gasteiger partial charge in [-0.1, -0.05) is 19.8 Å². The average molecular weight is 285 g/mol. The molecule has 1 aromatic heterocycles. The third kappa shape index (κ3) is 4.82. The molecule has 6 heteroatoms. The van der Waals surface area contributed by atoms with Gasteiger partial charge in [0.1, 0.15) is 6.10 Å². The Morgan fingerprint density at radius 2 is 1.89 bits per heavy atom. The molecule has 1 saturated carbocycles. The second-order valence-electron chi connectivity index (χ2n) is 4.87. The highest BCUT2D eigenvalue weighted by molar-refractivity contribution is 6.28. The van der Waals surface area contributed by atoms with Crippen LogP contribution < -0.4 is 10.1 Å². The highest BCUT2D eigenvalue weighted by Crippen LogP contribution is 2.22. The highest BCUT2D eigenvalue weighted by Gasteiger charge is 2.16. The number of rotatable bonds is 5. The molecule has 0 bridgehead atoms. The van der Waals surface area contributed by atoms with Gasteiger partial charge in [-0.2, -0.15) is 15.0 Å². The summed E-state index contributed by atoms with van der Waals surface area (Å²) in [5.41, 5.74) is 0. The molecular formula is C13H21ClN4O. The fourth-order valence-corrected chi connectivity index (χ4v) is 2.36. The van der Waals surface area contributed by atoms with Gasteiger partial charge < -0.3 is 10.1 Å². The maximum Gasteiger partial charge on any atom is 0.322 e. The van der Waals surface area contributed by atoms with Crippen molar-refractivity contribution in [1.29, 1.82) is 0 Å². The minimum atomic E-state index is 0.178. The van der Waals surface area contributed by atoms with E-state index in [1.54, 1.807) is 0 Å². The van der Waals surface area contributed by atoms with Gasteiger partial charge in [0.2, 0.25) is 11.2 Å². The first kappa shape index (κ1) is 14.3. The first-order valence-electron chi connectivity index (χ1n) is 7.10. The van der Waals surface area contributed by atoms with Gasteiger partial charge in [0.05, 0.1) is 0 Å². The fraction of sp³-hybridized carbons (Fsp3) is 0.769. The number of nitrogens with zero attached hydrogens (tertiary/aromatic N) is 3. The van der Waals surface area contributed by atoms with Crippen molar-refractivity contribution in [2.24, 2.45) is 0 Å². The topological polar surface area (TPSA) is 59.9 Å². The van der Waals surface area contributed by atoms with E-state index in [4.69, 9.17) is 16.3 Å². The third-order valence-corrected chi connectivity index (χ3v) is 3.36. The van der Waals surface area contributed by atoms with Crippen LogP contribution >= 0.6 is 11.6 Å². The van der Waals surface area contributed by atoms with E-state index in [-0.39, 0.29) is 11.4 Å². The molecule has 2 rings (SSSR count). The fourth-order valence-electron chi connectivity index (χ4n) is 2.21. The van der Waals surface area contributed by atoms with E-state index >= 15 is 0 Å². The zero-order valence-corrected chi connectivity index (χ0v) is 12.1. The van der Waals surface area contributed by atoms with Gasteiger partial charge in [-0.05, 0) is 43.7 Å². The molecule has 1 heterocycles. The molecule has 1 aliphatic rings. The van der Waals surface area contributed by atoms with Crippen molar-refractivity contribution in [1.82, 2.24) is 15.0 Å². The normalized spacial score (nSPS) is 16.9. The van der Waals surface area contributed by atoms with Gasteiger partial charge in [0.25, 0.3) is 0 Å². The van der Waals surface area contributed by atoms with Crippen LogP contribution in [0.25, 0.3) is 0 Å². The van der Waals surface area contributed by atoms with E-state index in [1.165, 1.54) is 25.7 Å². The molecule has 5 nitrogen and oxygen atoms in total. The summed E-state index contributed by atoms with van der Waals surface area (Å²) < 4.78 is 5.85. The summed E-state index contributed by atoms with van der Waals surface area (Å²) in [5, 5.41) is 3.28. The number of anilines is 1. The van der Waals surface area contributed by atoms with Crippen molar-refractivity contribution < 1.29 is 4.74 Å². The van der Waals surface area contributed by atoms with Crippen LogP contribution in [0.1, 0.15) is 51.9 Å². The third-order valence-electron chi connectivity index (χ3n) is 3.19. The maximum atomic E-state index is 5.90. The van der Waals surface area contributed by atoms with E-state index in [9.17, 15) is 0 Å². The Balaban J connectivity index is 1.99. The van der Waals surface area contributed by atoms with Gasteiger partial charge in [0, 0.05) is 6.54 Å². The van der Waals surface area contributed by atoms with Gasteiger partial charge in [-0.25, -0.2) is 0 Å². The molecule has 0 aromatic carbocycles. The quantitative estimate of drug-likeness (QED) is 0.839. The summed E-state index contributed by atoms with van der Waals surface area (Å²) in [5.74, 6) is 0.491. The van der Waals surface area contributed by atoms with Crippen LogP contribution in [-0.4, -0.2) is 27.6 Å². The van der Waals surface area contributed by atoms with Gasteiger partial charge in [-0.3, -0.25) is 0 Å². The Bertz CT molecular complexity index is 394.